The molecule has 0 radical (unpaired) electrons. The van der Waals surface area contributed by atoms with Gasteiger partial charge >= 0.3 is 5.97 Å². The van der Waals surface area contributed by atoms with Gasteiger partial charge in [-0.3, -0.25) is 4.90 Å². The van der Waals surface area contributed by atoms with E-state index in [9.17, 15) is 4.79 Å². The Balaban J connectivity index is 2.74. The largest absolute Gasteiger partial charge is 0.477 e. The van der Waals surface area contributed by atoms with Crippen LogP contribution in [-0.4, -0.2) is 54.6 Å². The van der Waals surface area contributed by atoms with Crippen molar-refractivity contribution in [3.63, 3.8) is 0 Å². The van der Waals surface area contributed by atoms with Gasteiger partial charge in [-0.1, -0.05) is 13.8 Å². The van der Waals surface area contributed by atoms with Crippen LogP contribution in [-0.2, 0) is 6.54 Å². The molecule has 5 heteroatoms. The van der Waals surface area contributed by atoms with Gasteiger partial charge in [0.05, 0.1) is 0 Å². The summed E-state index contributed by atoms with van der Waals surface area (Å²) in [6, 6.07) is 1.82. The average molecular weight is 298 g/mol. The summed E-state index contributed by atoms with van der Waals surface area (Å²) in [6.07, 6.45) is 0. The maximum absolute atomic E-state index is 11.0. The van der Waals surface area contributed by atoms with Crippen LogP contribution >= 0.6 is 11.3 Å². The average Bonchev–Trinajstić information content (AvgIpc) is 2.67. The third kappa shape index (κ3) is 5.61. The summed E-state index contributed by atoms with van der Waals surface area (Å²) in [7, 11) is 4.15. The molecule has 1 N–H and O–H groups in total. The highest BCUT2D eigenvalue weighted by molar-refractivity contribution is 7.14. The van der Waals surface area contributed by atoms with Gasteiger partial charge in [-0.05, 0) is 38.6 Å². The number of carboxylic acids is 1. The molecule has 0 fully saturated rings. The van der Waals surface area contributed by atoms with Crippen LogP contribution in [0.4, 0.5) is 0 Å². The van der Waals surface area contributed by atoms with Crippen LogP contribution in [0.15, 0.2) is 6.07 Å². The summed E-state index contributed by atoms with van der Waals surface area (Å²) in [5.74, 6) is -0.219. The van der Waals surface area contributed by atoms with E-state index < -0.39 is 5.97 Å². The van der Waals surface area contributed by atoms with E-state index in [0.29, 0.717) is 10.8 Å². The minimum atomic E-state index is -0.826. The summed E-state index contributed by atoms with van der Waals surface area (Å²) < 4.78 is 0. The second-order valence-electron chi connectivity index (χ2n) is 5.93. The highest BCUT2D eigenvalue weighted by atomic mass is 32.1. The van der Waals surface area contributed by atoms with E-state index in [1.165, 1.54) is 11.3 Å². The summed E-state index contributed by atoms with van der Waals surface area (Å²) >= 11 is 1.37. The van der Waals surface area contributed by atoms with Crippen molar-refractivity contribution in [1.29, 1.82) is 0 Å². The predicted molar refractivity (Wildman–Crippen MR) is 84.7 cm³/mol. The van der Waals surface area contributed by atoms with Gasteiger partial charge in [-0.15, -0.1) is 11.3 Å². The van der Waals surface area contributed by atoms with E-state index in [1.807, 2.05) is 13.0 Å². The van der Waals surface area contributed by atoms with Crippen LogP contribution in [0.3, 0.4) is 0 Å². The van der Waals surface area contributed by atoms with Gasteiger partial charge in [0.1, 0.15) is 4.88 Å². The number of aryl methyl sites for hydroxylation is 1. The molecular weight excluding hydrogens is 272 g/mol. The zero-order valence-corrected chi connectivity index (χ0v) is 14.0. The van der Waals surface area contributed by atoms with Crippen LogP contribution in [0.25, 0.3) is 0 Å². The number of nitrogens with zero attached hydrogens (tertiary/aromatic N) is 2. The second-order valence-corrected chi connectivity index (χ2v) is 7.19. The number of rotatable bonds is 8. The van der Waals surface area contributed by atoms with Crippen LogP contribution in [0.5, 0.6) is 0 Å². The normalized spacial score (nSPS) is 11.8. The van der Waals surface area contributed by atoms with Crippen LogP contribution in [0, 0.1) is 12.8 Å². The molecule has 1 rings (SSSR count). The Kier molecular flexibility index (Phi) is 6.65. The van der Waals surface area contributed by atoms with Gasteiger partial charge in [-0.2, -0.15) is 0 Å². The number of carbonyl (C=O) groups is 1. The number of hydrogen-bond donors (Lipinski definition) is 1. The minimum Gasteiger partial charge on any atom is -0.477 e. The van der Waals surface area contributed by atoms with Gasteiger partial charge in [-0.25, -0.2) is 4.79 Å². The van der Waals surface area contributed by atoms with Gasteiger partial charge in [0.15, 0.2) is 0 Å². The van der Waals surface area contributed by atoms with E-state index in [2.05, 4.69) is 37.7 Å². The highest BCUT2D eigenvalue weighted by Crippen LogP contribution is 2.23. The smallest absolute Gasteiger partial charge is 0.345 e. The Morgan fingerprint density at radius 3 is 2.45 bits per heavy atom. The number of aromatic carboxylic acids is 1. The molecule has 0 amide bonds. The number of thiophene rings is 1. The van der Waals surface area contributed by atoms with Crippen molar-refractivity contribution < 1.29 is 9.90 Å². The summed E-state index contributed by atoms with van der Waals surface area (Å²) in [5, 5.41) is 9.07. The van der Waals surface area contributed by atoms with Gasteiger partial charge in [0, 0.05) is 31.1 Å². The molecule has 0 saturated heterocycles. The lowest BCUT2D eigenvalue weighted by Gasteiger charge is -2.25. The molecular formula is C15H26N2O2S. The Labute approximate surface area is 126 Å². The number of carboxylic acid groups (broad SMARTS) is 1. The van der Waals surface area contributed by atoms with Crippen molar-refractivity contribution in [3.05, 3.63) is 21.4 Å². The lowest BCUT2D eigenvalue weighted by molar-refractivity contribution is 0.0702. The molecule has 0 saturated carbocycles. The molecule has 0 spiro atoms. The zero-order chi connectivity index (χ0) is 15.3. The Morgan fingerprint density at radius 2 is 2.00 bits per heavy atom. The fraction of sp³-hybridized carbons (Fsp3) is 0.667. The van der Waals surface area contributed by atoms with Gasteiger partial charge in [0.2, 0.25) is 0 Å². The molecule has 114 valence electrons. The standard InChI is InChI=1S/C15H26N2O2S/c1-11(2)9-17(7-6-16(4)5)10-13-8-14(15(18)19)20-12(13)3/h8,11H,6-7,9-10H2,1-5H3,(H,18,19). The molecule has 0 aliphatic rings. The van der Waals surface area contributed by atoms with E-state index in [4.69, 9.17) is 5.11 Å². The van der Waals surface area contributed by atoms with E-state index >= 15 is 0 Å². The SMILES string of the molecule is Cc1sc(C(=O)O)cc1CN(CCN(C)C)CC(C)C. The van der Waals surface area contributed by atoms with Crippen molar-refractivity contribution >= 4 is 17.3 Å². The van der Waals surface area contributed by atoms with Crippen molar-refractivity contribution in [2.75, 3.05) is 33.7 Å². The first-order valence-electron chi connectivity index (χ1n) is 6.99. The molecule has 0 aromatic carbocycles. The summed E-state index contributed by atoms with van der Waals surface area (Å²) in [6.45, 7) is 10.3. The summed E-state index contributed by atoms with van der Waals surface area (Å²) in [5.41, 5.74) is 1.15. The summed E-state index contributed by atoms with van der Waals surface area (Å²) in [4.78, 5) is 17.2. The molecule has 0 aliphatic carbocycles. The van der Waals surface area contributed by atoms with Gasteiger partial charge < -0.3 is 10.0 Å². The Morgan fingerprint density at radius 1 is 1.35 bits per heavy atom. The second kappa shape index (κ2) is 7.76. The molecule has 0 atom stereocenters. The van der Waals surface area contributed by atoms with E-state index in [-0.39, 0.29) is 0 Å². The quantitative estimate of drug-likeness (QED) is 0.801. The lowest BCUT2D eigenvalue weighted by atomic mass is 10.1. The zero-order valence-electron chi connectivity index (χ0n) is 13.1. The van der Waals surface area contributed by atoms with Gasteiger partial charge in [0.25, 0.3) is 0 Å². The van der Waals surface area contributed by atoms with Crippen LogP contribution in [0.1, 0.15) is 34.0 Å². The Hall–Kier alpha value is -0.910. The van der Waals surface area contributed by atoms with E-state index in [1.54, 1.807) is 0 Å². The first-order valence-corrected chi connectivity index (χ1v) is 7.81. The van der Waals surface area contributed by atoms with Crippen molar-refractivity contribution in [3.8, 4) is 0 Å². The Bertz CT molecular complexity index is 441. The molecule has 1 heterocycles. The molecule has 20 heavy (non-hydrogen) atoms. The number of hydrogen-bond acceptors (Lipinski definition) is 4. The molecule has 1 aromatic rings. The fourth-order valence-electron chi connectivity index (χ4n) is 2.12. The first kappa shape index (κ1) is 17.1. The monoisotopic (exact) mass is 298 g/mol. The third-order valence-electron chi connectivity index (χ3n) is 3.11. The highest BCUT2D eigenvalue weighted by Gasteiger charge is 2.15. The van der Waals surface area contributed by atoms with Crippen LogP contribution in [0.2, 0.25) is 0 Å². The topological polar surface area (TPSA) is 43.8 Å². The molecule has 4 nitrogen and oxygen atoms in total. The minimum absolute atomic E-state index is 0.439. The van der Waals surface area contributed by atoms with Crippen molar-refractivity contribution in [2.45, 2.75) is 27.3 Å². The maximum Gasteiger partial charge on any atom is 0.345 e. The predicted octanol–water partition coefficient (Wildman–Crippen LogP) is 2.77. The van der Waals surface area contributed by atoms with Crippen LogP contribution < -0.4 is 0 Å². The first-order chi connectivity index (χ1) is 9.29. The molecule has 0 aliphatic heterocycles. The lowest BCUT2D eigenvalue weighted by Crippen LogP contribution is -2.34. The number of likely N-dealkylation sites (N-methyl/N-ethyl adjacent to an activating group) is 1. The molecule has 0 bridgehead atoms. The third-order valence-corrected chi connectivity index (χ3v) is 4.19. The van der Waals surface area contributed by atoms with E-state index in [0.717, 1.165) is 36.6 Å². The molecule has 1 aromatic heterocycles. The fourth-order valence-corrected chi connectivity index (χ4v) is 2.99. The van der Waals surface area contributed by atoms with Crippen molar-refractivity contribution in [1.82, 2.24) is 9.80 Å². The molecule has 0 unspecified atom stereocenters. The van der Waals surface area contributed by atoms with Crippen molar-refractivity contribution in [2.24, 2.45) is 5.92 Å². The maximum atomic E-state index is 11.0.